The van der Waals surface area contributed by atoms with Crippen LogP contribution < -0.4 is 5.32 Å². The number of amides is 1. The lowest BCUT2D eigenvalue weighted by atomic mass is 9.98. The van der Waals surface area contributed by atoms with Gasteiger partial charge in [-0.3, -0.25) is 4.79 Å². The summed E-state index contributed by atoms with van der Waals surface area (Å²) in [4.78, 5) is 25.7. The molecule has 128 valence electrons. The molecule has 2 rings (SSSR count). The molecule has 1 N–H and O–H groups in total. The number of nitrogens with one attached hydrogen (secondary N) is 1. The van der Waals surface area contributed by atoms with Crippen molar-refractivity contribution >= 4 is 11.9 Å². The van der Waals surface area contributed by atoms with Gasteiger partial charge in [-0.2, -0.15) is 0 Å². The van der Waals surface area contributed by atoms with E-state index in [-0.39, 0.29) is 18.4 Å². The summed E-state index contributed by atoms with van der Waals surface area (Å²) in [6.45, 7) is 7.95. The molecule has 0 unspecified atom stereocenters. The number of Topliss-reactive ketones (excluding diaryl/α,β-unsaturated/α-hetero) is 1. The fourth-order valence-corrected chi connectivity index (χ4v) is 2.64. The minimum absolute atomic E-state index is 0.0604. The summed E-state index contributed by atoms with van der Waals surface area (Å²) in [6, 6.07) is 3.36. The molecule has 1 aromatic rings. The van der Waals surface area contributed by atoms with Gasteiger partial charge in [-0.25, -0.2) is 4.79 Å². The number of hydrogen-bond donors (Lipinski definition) is 1. The molecular weight excluding hydrogens is 296 g/mol. The fraction of sp³-hybridized carbons (Fsp3) is 0.647. The van der Waals surface area contributed by atoms with E-state index < -0.39 is 5.60 Å². The van der Waals surface area contributed by atoms with Crippen LogP contribution in [0.1, 0.15) is 44.2 Å². The Bertz CT molecular complexity index is 519. The number of likely N-dealkylation sites (tertiary alicyclic amines) is 1. The van der Waals surface area contributed by atoms with Crippen LogP contribution in [0.3, 0.4) is 0 Å². The Balaban J connectivity index is 1.73. The minimum atomic E-state index is -0.474. The maximum absolute atomic E-state index is 12.1. The number of ether oxygens (including phenoxy) is 1. The zero-order chi connectivity index (χ0) is 16.9. The van der Waals surface area contributed by atoms with Crippen LogP contribution in [0.15, 0.2) is 22.8 Å². The molecule has 1 atom stereocenters. The van der Waals surface area contributed by atoms with Crippen LogP contribution in [0.5, 0.6) is 0 Å². The molecule has 0 aliphatic carbocycles. The van der Waals surface area contributed by atoms with E-state index in [2.05, 4.69) is 5.32 Å². The summed E-state index contributed by atoms with van der Waals surface area (Å²) in [5.41, 5.74) is -0.474. The van der Waals surface area contributed by atoms with Crippen LogP contribution in [-0.4, -0.2) is 48.6 Å². The van der Waals surface area contributed by atoms with Crippen molar-refractivity contribution in [1.82, 2.24) is 10.2 Å². The zero-order valence-corrected chi connectivity index (χ0v) is 14.1. The summed E-state index contributed by atoms with van der Waals surface area (Å²) < 4.78 is 10.5. The van der Waals surface area contributed by atoms with Crippen molar-refractivity contribution < 1.29 is 18.7 Å². The molecule has 0 bridgehead atoms. The van der Waals surface area contributed by atoms with E-state index in [0.29, 0.717) is 24.8 Å². The predicted molar refractivity (Wildman–Crippen MR) is 86.4 cm³/mol. The maximum Gasteiger partial charge on any atom is 0.410 e. The van der Waals surface area contributed by atoms with Crippen molar-refractivity contribution in [3.63, 3.8) is 0 Å². The van der Waals surface area contributed by atoms with E-state index in [1.807, 2.05) is 20.8 Å². The molecule has 1 saturated heterocycles. The molecule has 23 heavy (non-hydrogen) atoms. The summed E-state index contributed by atoms with van der Waals surface area (Å²) in [6.07, 6.45) is 3.24. The molecule has 0 aromatic carbocycles. The number of nitrogens with zero attached hydrogens (tertiary/aromatic N) is 1. The lowest BCUT2D eigenvalue weighted by molar-refractivity contribution is 0.0166. The summed E-state index contributed by atoms with van der Waals surface area (Å²) in [5, 5.41) is 3.16. The lowest BCUT2D eigenvalue weighted by Crippen LogP contribution is -2.45. The second-order valence-electron chi connectivity index (χ2n) is 6.97. The molecule has 1 aliphatic heterocycles. The molecule has 0 spiro atoms. The van der Waals surface area contributed by atoms with Gasteiger partial charge in [0.1, 0.15) is 5.60 Å². The Morgan fingerprint density at radius 1 is 1.43 bits per heavy atom. The van der Waals surface area contributed by atoms with Crippen molar-refractivity contribution in [2.24, 2.45) is 5.92 Å². The van der Waals surface area contributed by atoms with Crippen LogP contribution in [0.2, 0.25) is 0 Å². The van der Waals surface area contributed by atoms with Gasteiger partial charge >= 0.3 is 6.09 Å². The SMILES string of the molecule is CC(C)(C)OC(=O)N1CCC[C@H](CNCC(=O)c2ccco2)C1. The monoisotopic (exact) mass is 322 g/mol. The Kier molecular flexibility index (Phi) is 5.82. The van der Waals surface area contributed by atoms with Gasteiger partial charge in [-0.15, -0.1) is 0 Å². The van der Waals surface area contributed by atoms with Crippen molar-refractivity contribution in [3.8, 4) is 0 Å². The fourth-order valence-electron chi connectivity index (χ4n) is 2.64. The molecule has 1 aromatic heterocycles. The van der Waals surface area contributed by atoms with Gasteiger partial charge in [0.2, 0.25) is 5.78 Å². The van der Waals surface area contributed by atoms with E-state index in [0.717, 1.165) is 19.4 Å². The minimum Gasteiger partial charge on any atom is -0.461 e. The van der Waals surface area contributed by atoms with E-state index in [4.69, 9.17) is 9.15 Å². The molecule has 1 fully saturated rings. The largest absolute Gasteiger partial charge is 0.461 e. The summed E-state index contributed by atoms with van der Waals surface area (Å²) in [5.74, 6) is 0.645. The van der Waals surface area contributed by atoms with Crippen molar-refractivity contribution in [2.75, 3.05) is 26.2 Å². The molecule has 6 nitrogen and oxygen atoms in total. The van der Waals surface area contributed by atoms with Gasteiger partial charge in [0, 0.05) is 19.6 Å². The van der Waals surface area contributed by atoms with Crippen molar-refractivity contribution in [3.05, 3.63) is 24.2 Å². The van der Waals surface area contributed by atoms with Crippen LogP contribution in [0.4, 0.5) is 4.79 Å². The van der Waals surface area contributed by atoms with Crippen LogP contribution >= 0.6 is 0 Å². The van der Waals surface area contributed by atoms with Gasteiger partial charge in [-0.05, 0) is 51.7 Å². The van der Waals surface area contributed by atoms with Gasteiger partial charge in [0.05, 0.1) is 12.8 Å². The highest BCUT2D eigenvalue weighted by atomic mass is 16.6. The molecule has 1 amide bonds. The van der Waals surface area contributed by atoms with Crippen molar-refractivity contribution in [2.45, 2.75) is 39.2 Å². The van der Waals surface area contributed by atoms with Crippen LogP contribution in [-0.2, 0) is 4.74 Å². The average Bonchev–Trinajstić information content (AvgIpc) is 3.00. The highest BCUT2D eigenvalue weighted by Gasteiger charge is 2.27. The number of piperidine rings is 1. The normalized spacial score (nSPS) is 18.7. The van der Waals surface area contributed by atoms with E-state index >= 15 is 0 Å². The number of furan rings is 1. The Labute approximate surface area is 137 Å². The van der Waals surface area contributed by atoms with E-state index in [1.54, 1.807) is 17.0 Å². The average molecular weight is 322 g/mol. The van der Waals surface area contributed by atoms with E-state index in [1.165, 1.54) is 6.26 Å². The van der Waals surface area contributed by atoms with Crippen LogP contribution in [0, 0.1) is 5.92 Å². The third-order valence-corrected chi connectivity index (χ3v) is 3.69. The molecule has 1 aliphatic rings. The Morgan fingerprint density at radius 2 is 2.22 bits per heavy atom. The van der Waals surface area contributed by atoms with Gasteiger partial charge in [0.25, 0.3) is 0 Å². The topological polar surface area (TPSA) is 71.8 Å². The molecule has 6 heteroatoms. The maximum atomic E-state index is 12.1. The number of hydrogen-bond acceptors (Lipinski definition) is 5. The number of carbonyl (C=O) groups excluding carboxylic acids is 2. The van der Waals surface area contributed by atoms with Gasteiger partial charge in [0.15, 0.2) is 5.76 Å². The first-order valence-electron chi connectivity index (χ1n) is 8.10. The highest BCUT2D eigenvalue weighted by molar-refractivity contribution is 5.94. The first-order chi connectivity index (χ1) is 10.8. The Hall–Kier alpha value is -1.82. The smallest absolute Gasteiger partial charge is 0.410 e. The van der Waals surface area contributed by atoms with E-state index in [9.17, 15) is 9.59 Å². The summed E-state index contributed by atoms with van der Waals surface area (Å²) in [7, 11) is 0. The van der Waals surface area contributed by atoms with Gasteiger partial charge in [-0.1, -0.05) is 0 Å². The quantitative estimate of drug-likeness (QED) is 0.844. The number of rotatable bonds is 5. The predicted octanol–water partition coefficient (Wildman–Crippen LogP) is 2.70. The standard InChI is InChI=1S/C17H26N2O4/c1-17(2,3)23-16(21)19-8-4-6-13(12-19)10-18-11-14(20)15-7-5-9-22-15/h5,7,9,13,18H,4,6,8,10-12H2,1-3H3/t13-/m1/s1. The first-order valence-corrected chi connectivity index (χ1v) is 8.10. The first kappa shape index (κ1) is 17.5. The number of carbonyl (C=O) groups is 2. The van der Waals surface area contributed by atoms with Crippen LogP contribution in [0.25, 0.3) is 0 Å². The third kappa shape index (κ3) is 5.71. The highest BCUT2D eigenvalue weighted by Crippen LogP contribution is 2.18. The second kappa shape index (κ2) is 7.64. The van der Waals surface area contributed by atoms with Crippen molar-refractivity contribution in [1.29, 1.82) is 0 Å². The van der Waals surface area contributed by atoms with Gasteiger partial charge < -0.3 is 19.4 Å². The molecule has 0 saturated carbocycles. The second-order valence-corrected chi connectivity index (χ2v) is 6.97. The molecular formula is C17H26N2O4. The number of ketones is 1. The molecule has 2 heterocycles. The third-order valence-electron chi connectivity index (χ3n) is 3.69. The Morgan fingerprint density at radius 3 is 2.87 bits per heavy atom. The lowest BCUT2D eigenvalue weighted by Gasteiger charge is -2.34. The summed E-state index contributed by atoms with van der Waals surface area (Å²) >= 11 is 0. The molecule has 0 radical (unpaired) electrons. The zero-order valence-electron chi connectivity index (χ0n) is 14.1.